The van der Waals surface area contributed by atoms with Crippen molar-refractivity contribution in [2.45, 2.75) is 52.6 Å². The Labute approximate surface area is 169 Å². The van der Waals surface area contributed by atoms with Gasteiger partial charge in [0.2, 0.25) is 11.8 Å². The lowest BCUT2D eigenvalue weighted by Gasteiger charge is -2.32. The number of carbonyl (C=O) groups excluding carboxylic acids is 2. The van der Waals surface area contributed by atoms with Gasteiger partial charge in [0.1, 0.15) is 6.04 Å². The van der Waals surface area contributed by atoms with Gasteiger partial charge < -0.3 is 10.2 Å². The van der Waals surface area contributed by atoms with Crippen molar-refractivity contribution in [1.82, 2.24) is 10.2 Å². The van der Waals surface area contributed by atoms with Gasteiger partial charge in [-0.3, -0.25) is 9.59 Å². The Hall–Kier alpha value is -2.62. The van der Waals surface area contributed by atoms with E-state index in [2.05, 4.69) is 12.2 Å². The Morgan fingerprint density at radius 2 is 1.50 bits per heavy atom. The van der Waals surface area contributed by atoms with Crippen molar-refractivity contribution in [1.29, 1.82) is 0 Å². The molecule has 2 rings (SSSR count). The normalized spacial score (nSPS) is 11.9. The molecule has 28 heavy (non-hydrogen) atoms. The Morgan fingerprint density at radius 1 is 0.929 bits per heavy atom. The number of rotatable bonds is 10. The first-order valence-corrected chi connectivity index (χ1v) is 10.2. The van der Waals surface area contributed by atoms with Crippen LogP contribution in [-0.4, -0.2) is 29.3 Å². The maximum absolute atomic E-state index is 13.1. The van der Waals surface area contributed by atoms with Crippen LogP contribution in [-0.2, 0) is 22.6 Å². The third-order valence-corrected chi connectivity index (χ3v) is 4.75. The van der Waals surface area contributed by atoms with E-state index in [1.54, 1.807) is 4.90 Å². The Balaban J connectivity index is 2.31. The fourth-order valence-corrected chi connectivity index (χ4v) is 3.14. The monoisotopic (exact) mass is 380 g/mol. The fourth-order valence-electron chi connectivity index (χ4n) is 3.14. The summed E-state index contributed by atoms with van der Waals surface area (Å²) in [6.07, 6.45) is 2.45. The van der Waals surface area contributed by atoms with Crippen LogP contribution >= 0.6 is 0 Å². The summed E-state index contributed by atoms with van der Waals surface area (Å²) in [6, 6.07) is 19.2. The fraction of sp³-hybridized carbons (Fsp3) is 0.417. The van der Waals surface area contributed by atoms with Crippen molar-refractivity contribution in [2.75, 3.05) is 6.54 Å². The van der Waals surface area contributed by atoms with Crippen molar-refractivity contribution in [3.05, 3.63) is 71.8 Å². The summed E-state index contributed by atoms with van der Waals surface area (Å²) in [5, 5.41) is 3.03. The van der Waals surface area contributed by atoms with Crippen LogP contribution in [0.25, 0.3) is 0 Å². The summed E-state index contributed by atoms with van der Waals surface area (Å²) >= 11 is 0. The topological polar surface area (TPSA) is 49.4 Å². The number of hydrogen-bond acceptors (Lipinski definition) is 2. The van der Waals surface area contributed by atoms with Crippen LogP contribution in [0.1, 0.15) is 44.7 Å². The van der Waals surface area contributed by atoms with Crippen molar-refractivity contribution >= 4 is 11.8 Å². The third-order valence-electron chi connectivity index (χ3n) is 4.75. The summed E-state index contributed by atoms with van der Waals surface area (Å²) in [7, 11) is 0. The smallest absolute Gasteiger partial charge is 0.243 e. The van der Waals surface area contributed by atoms with Crippen molar-refractivity contribution in [2.24, 2.45) is 5.92 Å². The molecular weight excluding hydrogens is 348 g/mol. The molecule has 150 valence electrons. The predicted octanol–water partition coefficient (Wildman–Crippen LogP) is 4.20. The minimum Gasteiger partial charge on any atom is -0.354 e. The Morgan fingerprint density at radius 3 is 2.04 bits per heavy atom. The van der Waals surface area contributed by atoms with Gasteiger partial charge in [0.05, 0.1) is 0 Å². The Kier molecular flexibility index (Phi) is 8.73. The third kappa shape index (κ3) is 6.52. The lowest BCUT2D eigenvalue weighted by Crippen LogP contribution is -2.51. The lowest BCUT2D eigenvalue weighted by molar-refractivity contribution is -0.143. The average Bonchev–Trinajstić information content (AvgIpc) is 2.71. The van der Waals surface area contributed by atoms with E-state index in [1.165, 1.54) is 0 Å². The molecule has 2 amide bonds. The first-order valence-electron chi connectivity index (χ1n) is 10.2. The summed E-state index contributed by atoms with van der Waals surface area (Å²) in [5.74, 6) is -0.261. The molecule has 0 aliphatic rings. The van der Waals surface area contributed by atoms with Crippen LogP contribution in [0.4, 0.5) is 0 Å². The zero-order valence-electron chi connectivity index (χ0n) is 17.2. The largest absolute Gasteiger partial charge is 0.354 e. The molecule has 0 aliphatic carbocycles. The number of unbranched alkanes of at least 4 members (excludes halogenated alkanes) is 1. The summed E-state index contributed by atoms with van der Waals surface area (Å²) < 4.78 is 0. The van der Waals surface area contributed by atoms with Crippen LogP contribution < -0.4 is 5.32 Å². The molecule has 0 saturated heterocycles. The second-order valence-electron chi connectivity index (χ2n) is 7.46. The first kappa shape index (κ1) is 21.7. The van der Waals surface area contributed by atoms with Gasteiger partial charge >= 0.3 is 0 Å². The highest BCUT2D eigenvalue weighted by Gasteiger charge is 2.31. The molecule has 1 N–H and O–H groups in total. The van der Waals surface area contributed by atoms with Gasteiger partial charge in [-0.15, -0.1) is 0 Å². The minimum absolute atomic E-state index is 0.00424. The average molecular weight is 381 g/mol. The SMILES string of the molecule is CCCCNC(=O)[C@@H](Cc1ccccc1)N(Cc1ccccc1)C(=O)C(C)C. The van der Waals surface area contributed by atoms with E-state index >= 15 is 0 Å². The second-order valence-corrected chi connectivity index (χ2v) is 7.46. The van der Waals surface area contributed by atoms with Crippen LogP contribution in [0.5, 0.6) is 0 Å². The molecule has 0 saturated carbocycles. The molecule has 0 bridgehead atoms. The zero-order valence-corrected chi connectivity index (χ0v) is 17.2. The second kappa shape index (κ2) is 11.3. The van der Waals surface area contributed by atoms with Gasteiger partial charge in [0.25, 0.3) is 0 Å². The molecule has 2 aromatic rings. The zero-order chi connectivity index (χ0) is 20.4. The van der Waals surface area contributed by atoms with Gasteiger partial charge in [-0.2, -0.15) is 0 Å². The molecule has 0 aromatic heterocycles. The Bertz CT molecular complexity index is 729. The number of hydrogen-bond donors (Lipinski definition) is 1. The predicted molar refractivity (Wildman–Crippen MR) is 114 cm³/mol. The number of benzene rings is 2. The van der Waals surface area contributed by atoms with E-state index in [9.17, 15) is 9.59 Å². The van der Waals surface area contributed by atoms with Gasteiger partial charge in [-0.1, -0.05) is 87.9 Å². The first-order chi connectivity index (χ1) is 13.5. The van der Waals surface area contributed by atoms with E-state index in [-0.39, 0.29) is 17.7 Å². The highest BCUT2D eigenvalue weighted by atomic mass is 16.2. The number of amides is 2. The molecule has 0 radical (unpaired) electrons. The van der Waals surface area contributed by atoms with Crippen molar-refractivity contribution in [3.63, 3.8) is 0 Å². The van der Waals surface area contributed by atoms with E-state index in [0.717, 1.165) is 24.0 Å². The number of nitrogens with one attached hydrogen (secondary N) is 1. The molecule has 1 atom stereocenters. The van der Waals surface area contributed by atoms with E-state index in [4.69, 9.17) is 0 Å². The number of nitrogens with zero attached hydrogens (tertiary/aromatic N) is 1. The van der Waals surface area contributed by atoms with Gasteiger partial charge in [0, 0.05) is 25.4 Å². The molecule has 4 nitrogen and oxygen atoms in total. The molecule has 2 aromatic carbocycles. The quantitative estimate of drug-likeness (QED) is 0.628. The summed E-state index contributed by atoms with van der Waals surface area (Å²) in [4.78, 5) is 27.9. The highest BCUT2D eigenvalue weighted by Crippen LogP contribution is 2.17. The highest BCUT2D eigenvalue weighted by molar-refractivity contribution is 5.88. The van der Waals surface area contributed by atoms with Gasteiger partial charge in [-0.05, 0) is 17.5 Å². The van der Waals surface area contributed by atoms with Gasteiger partial charge in [-0.25, -0.2) is 0 Å². The van der Waals surface area contributed by atoms with Crippen LogP contribution in [0.2, 0.25) is 0 Å². The molecule has 0 fully saturated rings. The molecule has 0 spiro atoms. The van der Waals surface area contributed by atoms with Crippen LogP contribution in [0, 0.1) is 5.92 Å². The molecule has 0 heterocycles. The summed E-state index contributed by atoms with van der Waals surface area (Å²) in [5.41, 5.74) is 2.07. The van der Waals surface area contributed by atoms with Crippen LogP contribution in [0.15, 0.2) is 60.7 Å². The maximum Gasteiger partial charge on any atom is 0.243 e. The van der Waals surface area contributed by atoms with Crippen LogP contribution in [0.3, 0.4) is 0 Å². The molecule has 0 unspecified atom stereocenters. The summed E-state index contributed by atoms with van der Waals surface area (Å²) in [6.45, 7) is 6.92. The van der Waals surface area contributed by atoms with Gasteiger partial charge in [0.15, 0.2) is 0 Å². The minimum atomic E-state index is -0.533. The maximum atomic E-state index is 13.1. The molecular formula is C24H32N2O2. The molecule has 0 aliphatic heterocycles. The standard InChI is InChI=1S/C24H32N2O2/c1-4-5-16-25-23(27)22(17-20-12-8-6-9-13-20)26(24(28)19(2)3)18-21-14-10-7-11-15-21/h6-15,19,22H,4-5,16-18H2,1-3H3,(H,25,27)/t22-/m1/s1. The molecule has 4 heteroatoms. The lowest BCUT2D eigenvalue weighted by atomic mass is 10.0. The number of carbonyl (C=O) groups is 2. The van der Waals surface area contributed by atoms with E-state index < -0.39 is 6.04 Å². The van der Waals surface area contributed by atoms with E-state index in [0.29, 0.717) is 19.5 Å². The van der Waals surface area contributed by atoms with E-state index in [1.807, 2.05) is 74.5 Å². The van der Waals surface area contributed by atoms with Crippen molar-refractivity contribution < 1.29 is 9.59 Å². The van der Waals surface area contributed by atoms with Crippen molar-refractivity contribution in [3.8, 4) is 0 Å².